The summed E-state index contributed by atoms with van der Waals surface area (Å²) in [5.41, 5.74) is 4.16. The van der Waals surface area contributed by atoms with Crippen LogP contribution >= 0.6 is 0 Å². The van der Waals surface area contributed by atoms with Gasteiger partial charge < -0.3 is 0 Å². The summed E-state index contributed by atoms with van der Waals surface area (Å²) < 4.78 is 0. The Morgan fingerprint density at radius 1 is 0.762 bits per heavy atom. The Kier molecular flexibility index (Phi) is 3.46. The summed E-state index contributed by atoms with van der Waals surface area (Å²) in [6.07, 6.45) is 0. The van der Waals surface area contributed by atoms with E-state index in [0.29, 0.717) is 0 Å². The molecule has 0 unspecified atom stereocenters. The Hall–Kier alpha value is -1.86. The van der Waals surface area contributed by atoms with Crippen LogP contribution in [-0.4, -0.2) is 8.07 Å². The zero-order chi connectivity index (χ0) is 15.0. The van der Waals surface area contributed by atoms with Crippen LogP contribution in [0.1, 0.15) is 5.56 Å². The maximum Gasteiger partial charge on any atom is 0.0787 e. The number of hydrogen-bond donors (Lipinski definition) is 0. The standard InChI is InChI=1S/C20H22Si/c1-15-19(16-10-6-5-7-11-16)14-17-12-8-9-13-18(17)20(15)21(2,3)4/h5-14H,1-4H3. The van der Waals surface area contributed by atoms with Gasteiger partial charge in [-0.1, -0.05) is 74.2 Å². The smallest absolute Gasteiger partial charge is 0.0656 e. The molecule has 0 saturated carbocycles. The van der Waals surface area contributed by atoms with Crippen LogP contribution in [0.2, 0.25) is 19.6 Å². The molecule has 0 fully saturated rings. The second kappa shape index (κ2) is 5.16. The second-order valence-electron chi connectivity index (χ2n) is 6.76. The molecule has 0 radical (unpaired) electrons. The van der Waals surface area contributed by atoms with E-state index in [0.717, 1.165) is 0 Å². The van der Waals surface area contributed by atoms with Crippen molar-refractivity contribution in [2.75, 3.05) is 0 Å². The van der Waals surface area contributed by atoms with Crippen LogP contribution < -0.4 is 5.19 Å². The first-order chi connectivity index (χ1) is 9.98. The van der Waals surface area contributed by atoms with Gasteiger partial charge in [0.1, 0.15) is 0 Å². The molecule has 0 saturated heterocycles. The van der Waals surface area contributed by atoms with E-state index in [9.17, 15) is 0 Å². The minimum Gasteiger partial charge on any atom is -0.0656 e. The van der Waals surface area contributed by atoms with Gasteiger partial charge in [-0.3, -0.25) is 0 Å². The lowest BCUT2D eigenvalue weighted by Crippen LogP contribution is -2.40. The van der Waals surface area contributed by atoms with Crippen molar-refractivity contribution in [3.05, 3.63) is 66.2 Å². The van der Waals surface area contributed by atoms with Gasteiger partial charge in [0.2, 0.25) is 0 Å². The van der Waals surface area contributed by atoms with Gasteiger partial charge in [-0.25, -0.2) is 0 Å². The SMILES string of the molecule is Cc1c(-c2ccccc2)cc2ccccc2c1[Si](C)(C)C. The molecule has 3 rings (SSSR count). The zero-order valence-corrected chi connectivity index (χ0v) is 14.3. The van der Waals surface area contributed by atoms with E-state index in [4.69, 9.17) is 0 Å². The summed E-state index contributed by atoms with van der Waals surface area (Å²) in [6.45, 7) is 9.62. The van der Waals surface area contributed by atoms with E-state index in [-0.39, 0.29) is 0 Å². The highest BCUT2D eigenvalue weighted by Gasteiger charge is 2.23. The van der Waals surface area contributed by atoms with E-state index < -0.39 is 8.07 Å². The Morgan fingerprint density at radius 3 is 2.05 bits per heavy atom. The lowest BCUT2D eigenvalue weighted by atomic mass is 9.96. The number of rotatable bonds is 2. The summed E-state index contributed by atoms with van der Waals surface area (Å²) in [5.74, 6) is 0. The molecule has 21 heavy (non-hydrogen) atoms. The summed E-state index contributed by atoms with van der Waals surface area (Å²) in [5, 5.41) is 4.40. The summed E-state index contributed by atoms with van der Waals surface area (Å²) in [6, 6.07) is 21.9. The van der Waals surface area contributed by atoms with Gasteiger partial charge in [-0.2, -0.15) is 0 Å². The molecule has 0 aliphatic heterocycles. The molecular formula is C20H22Si. The Bertz CT molecular complexity index is 780. The van der Waals surface area contributed by atoms with Crippen LogP contribution in [0.3, 0.4) is 0 Å². The highest BCUT2D eigenvalue weighted by atomic mass is 28.3. The first-order valence-corrected chi connectivity index (χ1v) is 11.1. The van der Waals surface area contributed by atoms with Crippen molar-refractivity contribution in [2.45, 2.75) is 26.6 Å². The molecule has 0 N–H and O–H groups in total. The predicted octanol–water partition coefficient (Wildman–Crippen LogP) is 5.36. The van der Waals surface area contributed by atoms with E-state index in [2.05, 4.69) is 87.2 Å². The van der Waals surface area contributed by atoms with Crippen LogP contribution in [0.5, 0.6) is 0 Å². The van der Waals surface area contributed by atoms with Gasteiger partial charge in [0, 0.05) is 0 Å². The molecule has 106 valence electrons. The molecule has 1 heteroatoms. The Labute approximate surface area is 128 Å². The quantitative estimate of drug-likeness (QED) is 0.557. The van der Waals surface area contributed by atoms with Crippen molar-refractivity contribution >= 4 is 24.0 Å². The van der Waals surface area contributed by atoms with E-state index >= 15 is 0 Å². The van der Waals surface area contributed by atoms with Gasteiger partial charge in [0.15, 0.2) is 0 Å². The molecule has 3 aromatic rings. The van der Waals surface area contributed by atoms with Gasteiger partial charge in [0.05, 0.1) is 8.07 Å². The number of fused-ring (bicyclic) bond motifs is 1. The van der Waals surface area contributed by atoms with Crippen molar-refractivity contribution in [3.8, 4) is 11.1 Å². The minimum absolute atomic E-state index is 1.32. The third kappa shape index (κ3) is 2.54. The lowest BCUT2D eigenvalue weighted by Gasteiger charge is -2.24. The van der Waals surface area contributed by atoms with Gasteiger partial charge in [-0.15, -0.1) is 0 Å². The van der Waals surface area contributed by atoms with Gasteiger partial charge >= 0.3 is 0 Å². The molecular weight excluding hydrogens is 268 g/mol. The molecule has 0 aliphatic rings. The molecule has 0 atom stereocenters. The highest BCUT2D eigenvalue weighted by molar-refractivity contribution is 6.90. The maximum absolute atomic E-state index is 2.44. The van der Waals surface area contributed by atoms with Crippen molar-refractivity contribution in [2.24, 2.45) is 0 Å². The average Bonchev–Trinajstić information content (AvgIpc) is 2.46. The summed E-state index contributed by atoms with van der Waals surface area (Å²) in [7, 11) is -1.41. The second-order valence-corrected chi connectivity index (χ2v) is 11.8. The van der Waals surface area contributed by atoms with Crippen LogP contribution in [0.4, 0.5) is 0 Å². The van der Waals surface area contributed by atoms with Crippen LogP contribution in [0, 0.1) is 6.92 Å². The molecule has 0 heterocycles. The van der Waals surface area contributed by atoms with Crippen LogP contribution in [0.25, 0.3) is 21.9 Å². The Morgan fingerprint density at radius 2 is 1.38 bits per heavy atom. The van der Waals surface area contributed by atoms with Gasteiger partial charge in [-0.05, 0) is 45.6 Å². The van der Waals surface area contributed by atoms with E-state index in [1.54, 1.807) is 5.19 Å². The van der Waals surface area contributed by atoms with Crippen molar-refractivity contribution in [3.63, 3.8) is 0 Å². The van der Waals surface area contributed by atoms with Crippen molar-refractivity contribution < 1.29 is 0 Å². The maximum atomic E-state index is 2.44. The number of hydrogen-bond acceptors (Lipinski definition) is 0. The largest absolute Gasteiger partial charge is 0.0787 e. The normalized spacial score (nSPS) is 11.8. The molecule has 0 amide bonds. The first-order valence-electron chi connectivity index (χ1n) is 7.57. The third-order valence-corrected chi connectivity index (χ3v) is 6.29. The average molecular weight is 290 g/mol. The molecule has 0 nitrogen and oxygen atoms in total. The molecule has 0 spiro atoms. The zero-order valence-electron chi connectivity index (χ0n) is 13.3. The minimum atomic E-state index is -1.41. The predicted molar refractivity (Wildman–Crippen MR) is 97.1 cm³/mol. The highest BCUT2D eigenvalue weighted by Crippen LogP contribution is 2.29. The molecule has 0 aliphatic carbocycles. The third-order valence-electron chi connectivity index (χ3n) is 4.14. The molecule has 3 aromatic carbocycles. The van der Waals surface area contributed by atoms with Crippen molar-refractivity contribution in [1.29, 1.82) is 0 Å². The molecule has 0 aromatic heterocycles. The van der Waals surface area contributed by atoms with E-state index in [1.807, 2.05) is 0 Å². The van der Waals surface area contributed by atoms with Gasteiger partial charge in [0.25, 0.3) is 0 Å². The summed E-state index contributed by atoms with van der Waals surface area (Å²) in [4.78, 5) is 0. The van der Waals surface area contributed by atoms with Crippen LogP contribution in [-0.2, 0) is 0 Å². The summed E-state index contributed by atoms with van der Waals surface area (Å²) >= 11 is 0. The topological polar surface area (TPSA) is 0 Å². The van der Waals surface area contributed by atoms with Crippen molar-refractivity contribution in [1.82, 2.24) is 0 Å². The fraction of sp³-hybridized carbons (Fsp3) is 0.200. The fourth-order valence-electron chi connectivity index (χ4n) is 3.34. The fourth-order valence-corrected chi connectivity index (χ4v) is 5.63. The van der Waals surface area contributed by atoms with Crippen LogP contribution in [0.15, 0.2) is 60.7 Å². The Balaban J connectivity index is 2.41. The van der Waals surface area contributed by atoms with E-state index in [1.165, 1.54) is 27.5 Å². The lowest BCUT2D eigenvalue weighted by molar-refractivity contribution is 1.49. The monoisotopic (exact) mass is 290 g/mol. The first kappa shape index (κ1) is 14.1. The molecule has 0 bridgehead atoms. The number of benzene rings is 3.